The number of esters is 1. The van der Waals surface area contributed by atoms with Crippen molar-refractivity contribution in [3.05, 3.63) is 85.6 Å². The fourth-order valence-electron chi connectivity index (χ4n) is 2.56. The Kier molecular flexibility index (Phi) is 5.21. The molecule has 0 saturated carbocycles. The second kappa shape index (κ2) is 7.64. The third-order valence-electron chi connectivity index (χ3n) is 3.89. The number of carbonyl (C=O) groups excluding carboxylic acids is 1. The minimum Gasteiger partial charge on any atom is -0.457 e. The molecule has 2 aromatic carbocycles. The molecular weight excluding hydrogens is 444 g/mol. The van der Waals surface area contributed by atoms with Gasteiger partial charge in [-0.15, -0.1) is 0 Å². The second-order valence-corrected chi connectivity index (χ2v) is 7.45. The fraction of sp³-hybridized carbons (Fsp3) is 0. The second-order valence-electron chi connectivity index (χ2n) is 5.79. The van der Waals surface area contributed by atoms with Crippen LogP contribution in [0.4, 0.5) is 0 Å². The molecule has 0 radical (unpaired) electrons. The van der Waals surface area contributed by atoms with Gasteiger partial charge in [-0.1, -0.05) is 46.4 Å². The molecule has 28 heavy (non-hydrogen) atoms. The van der Waals surface area contributed by atoms with E-state index < -0.39 is 5.97 Å². The van der Waals surface area contributed by atoms with E-state index in [4.69, 9.17) is 55.6 Å². The number of aliphatic imine (C=N–C) groups is 1. The van der Waals surface area contributed by atoms with Crippen LogP contribution in [0.5, 0.6) is 0 Å². The van der Waals surface area contributed by atoms with E-state index in [1.54, 1.807) is 48.5 Å². The first-order chi connectivity index (χ1) is 13.4. The molecule has 0 amide bonds. The highest BCUT2D eigenvalue weighted by atomic mass is 35.5. The normalized spacial score (nSPS) is 15.1. The van der Waals surface area contributed by atoms with Gasteiger partial charge in [-0.2, -0.15) is 0 Å². The Bertz CT molecular complexity index is 1160. The number of furan rings is 1. The molecule has 1 aromatic heterocycles. The maximum absolute atomic E-state index is 12.1. The lowest BCUT2D eigenvalue weighted by atomic mass is 10.2. The van der Waals surface area contributed by atoms with Crippen LogP contribution in [0, 0.1) is 0 Å². The van der Waals surface area contributed by atoms with Crippen LogP contribution in [-0.2, 0) is 9.53 Å². The van der Waals surface area contributed by atoms with E-state index in [-0.39, 0.29) is 11.6 Å². The summed E-state index contributed by atoms with van der Waals surface area (Å²) in [6.45, 7) is 0. The molecule has 0 spiro atoms. The van der Waals surface area contributed by atoms with Crippen LogP contribution in [0.15, 0.2) is 63.6 Å². The van der Waals surface area contributed by atoms with Gasteiger partial charge in [-0.25, -0.2) is 9.79 Å². The van der Waals surface area contributed by atoms with E-state index in [1.165, 1.54) is 6.08 Å². The maximum atomic E-state index is 12.1. The minimum absolute atomic E-state index is 0.101. The molecule has 140 valence electrons. The zero-order valence-electron chi connectivity index (χ0n) is 13.9. The van der Waals surface area contributed by atoms with Crippen molar-refractivity contribution in [2.45, 2.75) is 0 Å². The van der Waals surface area contributed by atoms with Gasteiger partial charge in [0.2, 0.25) is 5.90 Å². The average Bonchev–Trinajstić information content (AvgIpc) is 3.25. The maximum Gasteiger partial charge on any atom is 0.363 e. The van der Waals surface area contributed by atoms with E-state index in [9.17, 15) is 4.79 Å². The lowest BCUT2D eigenvalue weighted by Gasteiger charge is -2.01. The fourth-order valence-corrected chi connectivity index (χ4v) is 3.36. The first kappa shape index (κ1) is 19.1. The molecule has 0 N–H and O–H groups in total. The molecule has 4 rings (SSSR count). The highest BCUT2D eigenvalue weighted by Crippen LogP contribution is 2.32. The number of benzene rings is 2. The Morgan fingerprint density at radius 3 is 2.43 bits per heavy atom. The summed E-state index contributed by atoms with van der Waals surface area (Å²) >= 11 is 24.0. The summed E-state index contributed by atoms with van der Waals surface area (Å²) in [6, 6.07) is 13.4. The van der Waals surface area contributed by atoms with E-state index in [1.807, 2.05) is 0 Å². The van der Waals surface area contributed by atoms with Gasteiger partial charge < -0.3 is 9.15 Å². The largest absolute Gasteiger partial charge is 0.457 e. The molecule has 0 bridgehead atoms. The zero-order chi connectivity index (χ0) is 19.8. The summed E-state index contributed by atoms with van der Waals surface area (Å²) in [5.74, 6) is 0.506. The van der Waals surface area contributed by atoms with Crippen LogP contribution in [-0.4, -0.2) is 11.9 Å². The standard InChI is InChI=1S/C20H9Cl4NO3/c21-11-2-4-13(15(23)8-11)18-6-3-12(27-18)9-17-20(26)28-19(25-17)10-1-5-14(22)16(24)7-10/h1-9H/b17-9-. The van der Waals surface area contributed by atoms with Gasteiger partial charge in [0.05, 0.1) is 15.1 Å². The van der Waals surface area contributed by atoms with Crippen LogP contribution in [0.25, 0.3) is 17.4 Å². The zero-order valence-corrected chi connectivity index (χ0v) is 16.9. The lowest BCUT2D eigenvalue weighted by molar-refractivity contribution is -0.129. The SMILES string of the molecule is O=C1OC(c2ccc(Cl)c(Cl)c2)=N/C1=C\c1ccc(-c2ccc(Cl)cc2Cl)o1. The summed E-state index contributed by atoms with van der Waals surface area (Å²) in [6.07, 6.45) is 1.49. The molecular formula is C20H9Cl4NO3. The molecule has 3 aromatic rings. The minimum atomic E-state index is -0.594. The molecule has 0 unspecified atom stereocenters. The summed E-state index contributed by atoms with van der Waals surface area (Å²) in [5, 5.41) is 1.72. The number of cyclic esters (lactones) is 1. The van der Waals surface area contributed by atoms with Crippen molar-refractivity contribution >= 4 is 64.3 Å². The van der Waals surface area contributed by atoms with Crippen molar-refractivity contribution in [3.8, 4) is 11.3 Å². The Balaban J connectivity index is 1.64. The van der Waals surface area contributed by atoms with Gasteiger partial charge >= 0.3 is 5.97 Å². The number of carbonyl (C=O) groups is 1. The number of ether oxygens (including phenoxy) is 1. The third-order valence-corrected chi connectivity index (χ3v) is 5.18. The van der Waals surface area contributed by atoms with Gasteiger partial charge in [0, 0.05) is 22.2 Å². The van der Waals surface area contributed by atoms with Crippen LogP contribution >= 0.6 is 46.4 Å². The molecule has 0 atom stereocenters. The highest BCUT2D eigenvalue weighted by Gasteiger charge is 2.25. The number of hydrogen-bond donors (Lipinski definition) is 0. The van der Waals surface area contributed by atoms with Crippen LogP contribution in [0.3, 0.4) is 0 Å². The summed E-state index contributed by atoms with van der Waals surface area (Å²) < 4.78 is 11.0. The Morgan fingerprint density at radius 1 is 0.857 bits per heavy atom. The van der Waals surface area contributed by atoms with Crippen molar-refractivity contribution in [2.24, 2.45) is 4.99 Å². The van der Waals surface area contributed by atoms with Crippen molar-refractivity contribution in [1.29, 1.82) is 0 Å². The first-order valence-corrected chi connectivity index (χ1v) is 9.45. The predicted octanol–water partition coefficient (Wildman–Crippen LogP) is 6.90. The summed E-state index contributed by atoms with van der Waals surface area (Å²) in [5.41, 5.74) is 1.33. The Labute approximate surface area is 179 Å². The van der Waals surface area contributed by atoms with Gasteiger partial charge in [0.1, 0.15) is 11.5 Å². The smallest absolute Gasteiger partial charge is 0.363 e. The van der Waals surface area contributed by atoms with E-state index in [0.717, 1.165) is 0 Å². The summed E-state index contributed by atoms with van der Waals surface area (Å²) in [7, 11) is 0. The molecule has 0 saturated heterocycles. The average molecular weight is 453 g/mol. The molecule has 0 fully saturated rings. The highest BCUT2D eigenvalue weighted by molar-refractivity contribution is 6.42. The first-order valence-electron chi connectivity index (χ1n) is 7.94. The Morgan fingerprint density at radius 2 is 1.68 bits per heavy atom. The molecule has 1 aliphatic rings. The number of nitrogens with zero attached hydrogens (tertiary/aromatic N) is 1. The monoisotopic (exact) mass is 451 g/mol. The van der Waals surface area contributed by atoms with Gasteiger partial charge in [0.25, 0.3) is 0 Å². The van der Waals surface area contributed by atoms with Crippen molar-refractivity contribution < 1.29 is 13.9 Å². The van der Waals surface area contributed by atoms with Gasteiger partial charge in [-0.3, -0.25) is 0 Å². The molecule has 4 nitrogen and oxygen atoms in total. The lowest BCUT2D eigenvalue weighted by Crippen LogP contribution is -2.05. The van der Waals surface area contributed by atoms with Crippen LogP contribution < -0.4 is 0 Å². The predicted molar refractivity (Wildman–Crippen MR) is 111 cm³/mol. The van der Waals surface area contributed by atoms with Crippen molar-refractivity contribution in [1.82, 2.24) is 0 Å². The number of hydrogen-bond acceptors (Lipinski definition) is 4. The van der Waals surface area contributed by atoms with Crippen molar-refractivity contribution in [2.75, 3.05) is 0 Å². The van der Waals surface area contributed by atoms with Crippen LogP contribution in [0.1, 0.15) is 11.3 Å². The van der Waals surface area contributed by atoms with E-state index >= 15 is 0 Å². The number of rotatable bonds is 3. The topological polar surface area (TPSA) is 51.8 Å². The molecule has 0 aliphatic carbocycles. The van der Waals surface area contributed by atoms with Gasteiger partial charge in [0.15, 0.2) is 5.70 Å². The number of halogens is 4. The van der Waals surface area contributed by atoms with Gasteiger partial charge in [-0.05, 0) is 48.5 Å². The quantitative estimate of drug-likeness (QED) is 0.320. The summed E-state index contributed by atoms with van der Waals surface area (Å²) in [4.78, 5) is 16.4. The molecule has 2 heterocycles. The van der Waals surface area contributed by atoms with E-state index in [0.29, 0.717) is 42.7 Å². The molecule has 1 aliphatic heterocycles. The van der Waals surface area contributed by atoms with Crippen LogP contribution in [0.2, 0.25) is 20.1 Å². The third kappa shape index (κ3) is 3.82. The molecule has 8 heteroatoms. The van der Waals surface area contributed by atoms with Crippen molar-refractivity contribution in [3.63, 3.8) is 0 Å². The Hall–Kier alpha value is -2.24. The van der Waals surface area contributed by atoms with E-state index in [2.05, 4.69) is 4.99 Å².